The highest BCUT2D eigenvalue weighted by atomic mass is 32.1. The molecule has 0 aliphatic heterocycles. The molecule has 4 aliphatic rings. The number of hydrogen-bond acceptors (Lipinski definition) is 6. The molecule has 7 heteroatoms. The topological polar surface area (TPSA) is 118 Å². The molecule has 2 aromatic heterocycles. The lowest BCUT2D eigenvalue weighted by atomic mass is 9.48. The Hall–Kier alpha value is -2.33. The summed E-state index contributed by atoms with van der Waals surface area (Å²) in [7, 11) is 0. The third-order valence-corrected chi connectivity index (χ3v) is 8.54. The van der Waals surface area contributed by atoms with Crippen molar-refractivity contribution in [1.29, 1.82) is 5.26 Å². The predicted molar refractivity (Wildman–Crippen MR) is 111 cm³/mol. The fourth-order valence-electron chi connectivity index (χ4n) is 6.44. The number of nitrogen functional groups attached to an aromatic ring is 2. The minimum absolute atomic E-state index is 0.130. The van der Waals surface area contributed by atoms with Crippen LogP contribution >= 0.6 is 11.3 Å². The van der Waals surface area contributed by atoms with Gasteiger partial charge in [-0.05, 0) is 74.7 Å². The maximum Gasteiger partial charge on any atom is 0.263 e. The van der Waals surface area contributed by atoms with Crippen LogP contribution in [0.15, 0.2) is 6.07 Å². The van der Waals surface area contributed by atoms with E-state index in [1.807, 2.05) is 6.07 Å². The van der Waals surface area contributed by atoms with Crippen molar-refractivity contribution in [1.82, 2.24) is 10.3 Å². The van der Waals surface area contributed by atoms with Gasteiger partial charge in [0.1, 0.15) is 21.6 Å². The molecule has 2 heterocycles. The van der Waals surface area contributed by atoms with Crippen molar-refractivity contribution < 1.29 is 4.79 Å². The van der Waals surface area contributed by atoms with E-state index in [1.54, 1.807) is 6.07 Å². The molecule has 0 radical (unpaired) electrons. The Morgan fingerprint density at radius 1 is 1.29 bits per heavy atom. The summed E-state index contributed by atoms with van der Waals surface area (Å²) < 4.78 is 0. The number of fused-ring (bicyclic) bond motifs is 1. The Kier molecular flexibility index (Phi) is 3.86. The lowest BCUT2D eigenvalue weighted by molar-refractivity contribution is -0.0687. The van der Waals surface area contributed by atoms with Gasteiger partial charge in [0.25, 0.3) is 5.91 Å². The van der Waals surface area contributed by atoms with Crippen LogP contribution in [-0.2, 0) is 0 Å². The molecular formula is C21H25N5OS. The molecule has 28 heavy (non-hydrogen) atoms. The van der Waals surface area contributed by atoms with Gasteiger partial charge in [-0.15, -0.1) is 11.3 Å². The van der Waals surface area contributed by atoms with Gasteiger partial charge in [0, 0.05) is 11.4 Å². The molecule has 146 valence electrons. The lowest BCUT2D eigenvalue weighted by Crippen LogP contribution is -2.55. The molecule has 6 rings (SSSR count). The Labute approximate surface area is 168 Å². The third kappa shape index (κ3) is 2.58. The van der Waals surface area contributed by atoms with Crippen molar-refractivity contribution in [3.63, 3.8) is 0 Å². The zero-order valence-corrected chi connectivity index (χ0v) is 16.8. The lowest BCUT2D eigenvalue weighted by Gasteiger charge is -2.59. The normalized spacial score (nSPS) is 31.6. The average molecular weight is 396 g/mol. The predicted octanol–water partition coefficient (Wildman–Crippen LogP) is 3.67. The standard InChI is InChI=1S/C21H25N5OS/c1-10(21-6-11-2-12(7-21)4-13(3-11)8-21)25-19(27)17-16(23)15-5-14(9-22)18(24)26-20(15)28-17/h5,10-13H,2-4,6-8,23H2,1H3,(H2,24,26)(H,25,27). The molecule has 0 aromatic carbocycles. The van der Waals surface area contributed by atoms with E-state index in [0.717, 1.165) is 17.8 Å². The zero-order chi connectivity index (χ0) is 19.6. The summed E-state index contributed by atoms with van der Waals surface area (Å²) in [5, 5.41) is 13.1. The molecule has 4 aliphatic carbocycles. The molecular weight excluding hydrogens is 370 g/mol. The first-order valence-electron chi connectivity index (χ1n) is 10.1. The summed E-state index contributed by atoms with van der Waals surface area (Å²) in [5.41, 5.74) is 13.0. The zero-order valence-electron chi connectivity index (χ0n) is 16.0. The second-order valence-electron chi connectivity index (χ2n) is 9.21. The fraction of sp³-hybridized carbons (Fsp3) is 0.571. The van der Waals surface area contributed by atoms with E-state index in [-0.39, 0.29) is 28.7 Å². The summed E-state index contributed by atoms with van der Waals surface area (Å²) in [6.07, 6.45) is 7.89. The number of nitrogens with zero attached hydrogens (tertiary/aromatic N) is 2. The van der Waals surface area contributed by atoms with E-state index in [1.165, 1.54) is 49.9 Å². The minimum atomic E-state index is -0.138. The smallest absolute Gasteiger partial charge is 0.263 e. The largest absolute Gasteiger partial charge is 0.397 e. The van der Waals surface area contributed by atoms with E-state index in [4.69, 9.17) is 16.7 Å². The van der Waals surface area contributed by atoms with Crippen molar-refractivity contribution >= 4 is 39.0 Å². The van der Waals surface area contributed by atoms with Gasteiger partial charge in [0.05, 0.1) is 11.3 Å². The van der Waals surface area contributed by atoms with Gasteiger partial charge in [0.15, 0.2) is 0 Å². The number of carbonyl (C=O) groups excluding carboxylic acids is 1. The molecule has 1 atom stereocenters. The number of nitrogens with two attached hydrogens (primary N) is 2. The maximum atomic E-state index is 13.1. The van der Waals surface area contributed by atoms with Gasteiger partial charge in [-0.1, -0.05) is 0 Å². The van der Waals surface area contributed by atoms with Crippen molar-refractivity contribution in [3.8, 4) is 6.07 Å². The van der Waals surface area contributed by atoms with E-state index >= 15 is 0 Å². The van der Waals surface area contributed by atoms with Crippen LogP contribution in [0.2, 0.25) is 0 Å². The monoisotopic (exact) mass is 395 g/mol. The molecule has 1 amide bonds. The first kappa shape index (κ1) is 17.7. The van der Waals surface area contributed by atoms with E-state index < -0.39 is 0 Å². The number of rotatable bonds is 3. The molecule has 5 N–H and O–H groups in total. The van der Waals surface area contributed by atoms with Crippen LogP contribution in [0.1, 0.15) is 60.7 Å². The summed E-state index contributed by atoms with van der Waals surface area (Å²) in [6.45, 7) is 2.17. The number of anilines is 2. The molecule has 0 saturated heterocycles. The third-order valence-electron chi connectivity index (χ3n) is 7.43. The van der Waals surface area contributed by atoms with E-state index in [9.17, 15) is 4.79 Å². The van der Waals surface area contributed by atoms with Gasteiger partial charge < -0.3 is 16.8 Å². The van der Waals surface area contributed by atoms with Gasteiger partial charge in [-0.3, -0.25) is 4.79 Å². The quantitative estimate of drug-likeness (QED) is 0.733. The Bertz CT molecular complexity index is 985. The molecule has 1 unspecified atom stereocenters. The molecule has 4 fully saturated rings. The summed E-state index contributed by atoms with van der Waals surface area (Å²) in [5.74, 6) is 2.57. The molecule has 0 spiro atoms. The van der Waals surface area contributed by atoms with Gasteiger partial charge in [-0.2, -0.15) is 5.26 Å². The van der Waals surface area contributed by atoms with Crippen LogP contribution in [0, 0.1) is 34.5 Å². The molecule has 4 bridgehead atoms. The second kappa shape index (κ2) is 6.08. The maximum absolute atomic E-state index is 13.1. The number of hydrogen-bond donors (Lipinski definition) is 3. The minimum Gasteiger partial charge on any atom is -0.397 e. The van der Waals surface area contributed by atoms with Crippen LogP contribution < -0.4 is 16.8 Å². The van der Waals surface area contributed by atoms with Crippen LogP contribution in [-0.4, -0.2) is 16.9 Å². The Morgan fingerprint density at radius 3 is 2.46 bits per heavy atom. The van der Waals surface area contributed by atoms with Gasteiger partial charge >= 0.3 is 0 Å². The van der Waals surface area contributed by atoms with Crippen LogP contribution in [0.25, 0.3) is 10.2 Å². The second-order valence-corrected chi connectivity index (χ2v) is 10.2. The van der Waals surface area contributed by atoms with E-state index in [0.29, 0.717) is 20.8 Å². The van der Waals surface area contributed by atoms with Crippen LogP contribution in [0.4, 0.5) is 11.5 Å². The van der Waals surface area contributed by atoms with Crippen LogP contribution in [0.5, 0.6) is 0 Å². The van der Waals surface area contributed by atoms with Crippen molar-refractivity contribution in [3.05, 3.63) is 16.5 Å². The first-order valence-corrected chi connectivity index (χ1v) is 10.9. The Morgan fingerprint density at radius 2 is 1.89 bits per heavy atom. The summed E-state index contributed by atoms with van der Waals surface area (Å²) in [6, 6.07) is 3.78. The Balaban J connectivity index is 1.41. The number of amides is 1. The van der Waals surface area contributed by atoms with E-state index in [2.05, 4.69) is 17.2 Å². The summed E-state index contributed by atoms with van der Waals surface area (Å²) in [4.78, 5) is 18.4. The highest BCUT2D eigenvalue weighted by molar-refractivity contribution is 7.21. The fourth-order valence-corrected chi connectivity index (χ4v) is 7.42. The van der Waals surface area contributed by atoms with Gasteiger partial charge in [-0.25, -0.2) is 4.98 Å². The molecule has 4 saturated carbocycles. The number of pyridine rings is 1. The molecule has 2 aromatic rings. The van der Waals surface area contributed by atoms with Crippen molar-refractivity contribution in [2.45, 2.75) is 51.5 Å². The van der Waals surface area contributed by atoms with Gasteiger partial charge in [0.2, 0.25) is 0 Å². The molecule has 6 nitrogen and oxygen atoms in total. The SMILES string of the molecule is CC(NC(=O)c1sc2nc(N)c(C#N)cc2c1N)C12CC3CC(CC(C3)C1)C2. The highest BCUT2D eigenvalue weighted by Crippen LogP contribution is 2.61. The number of aromatic nitrogens is 1. The summed E-state index contributed by atoms with van der Waals surface area (Å²) >= 11 is 1.25. The number of nitrogens with one attached hydrogen (secondary N) is 1. The van der Waals surface area contributed by atoms with Crippen LogP contribution in [0.3, 0.4) is 0 Å². The van der Waals surface area contributed by atoms with Crippen molar-refractivity contribution in [2.24, 2.45) is 23.2 Å². The number of thiophene rings is 1. The van der Waals surface area contributed by atoms with Crippen molar-refractivity contribution in [2.75, 3.05) is 11.5 Å². The average Bonchev–Trinajstić information content (AvgIpc) is 2.95. The first-order chi connectivity index (χ1) is 13.4. The number of nitriles is 1. The highest BCUT2D eigenvalue weighted by Gasteiger charge is 2.53. The number of carbonyl (C=O) groups is 1.